The molecule has 0 unspecified atom stereocenters. The van der Waals surface area contributed by atoms with Crippen molar-refractivity contribution in [3.05, 3.63) is 46.8 Å². The van der Waals surface area contributed by atoms with Crippen LogP contribution in [0.15, 0.2) is 50.8 Å². The monoisotopic (exact) mass is 353 g/mol. The molecular weight excluding hydrogens is 342 g/mol. The van der Waals surface area contributed by atoms with E-state index >= 15 is 0 Å². The van der Waals surface area contributed by atoms with Crippen LogP contribution in [0, 0.1) is 0 Å². The Kier molecular flexibility index (Phi) is 4.83. The van der Waals surface area contributed by atoms with E-state index in [1.54, 1.807) is 30.3 Å². The first-order valence-corrected chi connectivity index (χ1v) is 6.63. The van der Waals surface area contributed by atoms with Gasteiger partial charge in [0.25, 0.3) is 5.91 Å². The van der Waals surface area contributed by atoms with E-state index < -0.39 is 0 Å². The van der Waals surface area contributed by atoms with Crippen molar-refractivity contribution in [2.75, 3.05) is 11.9 Å². The van der Waals surface area contributed by atoms with Gasteiger partial charge in [0, 0.05) is 0 Å². The summed E-state index contributed by atoms with van der Waals surface area (Å²) in [7, 11) is 0. The van der Waals surface area contributed by atoms with E-state index in [0.717, 1.165) is 0 Å². The second-order valence-electron chi connectivity index (χ2n) is 3.94. The van der Waals surface area contributed by atoms with Crippen LogP contribution in [0.5, 0.6) is 5.75 Å². The minimum atomic E-state index is -0.351. The van der Waals surface area contributed by atoms with Gasteiger partial charge in [0.1, 0.15) is 12.4 Å². The van der Waals surface area contributed by atoms with Gasteiger partial charge in [-0.25, -0.2) is 0 Å². The fourth-order valence-electron chi connectivity index (χ4n) is 1.52. The number of carbonyl (C=O) groups is 1. The predicted molar refractivity (Wildman–Crippen MR) is 79.7 cm³/mol. The molecule has 110 valence electrons. The lowest BCUT2D eigenvalue weighted by atomic mass is 10.2. The van der Waals surface area contributed by atoms with Gasteiger partial charge in [0.2, 0.25) is 0 Å². The molecule has 1 aromatic heterocycles. The van der Waals surface area contributed by atoms with Crippen molar-refractivity contribution < 1.29 is 19.2 Å². The number of furan rings is 1. The largest absolute Gasteiger partial charge is 0.483 e. The van der Waals surface area contributed by atoms with Crippen LogP contribution >= 0.6 is 15.9 Å². The van der Waals surface area contributed by atoms with Gasteiger partial charge in [-0.3, -0.25) is 4.79 Å². The summed E-state index contributed by atoms with van der Waals surface area (Å²) in [5.74, 6) is -0.0266. The summed E-state index contributed by atoms with van der Waals surface area (Å²) >= 11 is 3.14. The van der Waals surface area contributed by atoms with Crippen LogP contribution in [0.2, 0.25) is 0 Å². The first-order valence-electron chi connectivity index (χ1n) is 5.84. The lowest BCUT2D eigenvalue weighted by Crippen LogP contribution is -2.21. The van der Waals surface area contributed by atoms with Crippen LogP contribution in [-0.4, -0.2) is 23.6 Å². The molecule has 2 aromatic rings. The second-order valence-corrected chi connectivity index (χ2v) is 4.66. The number of para-hydroxylation sites is 2. The molecule has 0 bridgehead atoms. The van der Waals surface area contributed by atoms with Crippen molar-refractivity contribution in [2.24, 2.45) is 10.9 Å². The molecular formula is C13H12BrN3O4. The van der Waals surface area contributed by atoms with E-state index in [-0.39, 0.29) is 18.3 Å². The Bertz CT molecular complexity index is 669. The van der Waals surface area contributed by atoms with Crippen molar-refractivity contribution in [1.82, 2.24) is 0 Å². The Morgan fingerprint density at radius 1 is 1.43 bits per heavy atom. The van der Waals surface area contributed by atoms with Gasteiger partial charge in [0.05, 0.1) is 17.5 Å². The Morgan fingerprint density at radius 2 is 2.19 bits per heavy atom. The van der Waals surface area contributed by atoms with Crippen LogP contribution in [0.4, 0.5) is 5.69 Å². The third-order valence-corrected chi connectivity index (χ3v) is 3.12. The van der Waals surface area contributed by atoms with Gasteiger partial charge in [-0.05, 0) is 34.1 Å². The number of nitrogens with one attached hydrogen (secondary N) is 1. The van der Waals surface area contributed by atoms with Gasteiger partial charge in [-0.2, -0.15) is 0 Å². The quantitative estimate of drug-likeness (QED) is 0.331. The second kappa shape index (κ2) is 6.80. The average molecular weight is 354 g/mol. The van der Waals surface area contributed by atoms with Crippen molar-refractivity contribution >= 4 is 33.4 Å². The summed E-state index contributed by atoms with van der Waals surface area (Å²) in [5, 5.41) is 14.0. The number of hydrogen-bond donors (Lipinski definition) is 3. The number of amidine groups is 1. The van der Waals surface area contributed by atoms with Gasteiger partial charge in [-0.1, -0.05) is 17.3 Å². The Balaban J connectivity index is 2.13. The lowest BCUT2D eigenvalue weighted by molar-refractivity contribution is 0.102. The Morgan fingerprint density at radius 3 is 2.86 bits per heavy atom. The van der Waals surface area contributed by atoms with Crippen LogP contribution in [-0.2, 0) is 0 Å². The Hall–Kier alpha value is -2.48. The third-order valence-electron chi connectivity index (χ3n) is 2.50. The third kappa shape index (κ3) is 3.76. The van der Waals surface area contributed by atoms with E-state index in [4.69, 9.17) is 20.1 Å². The maximum atomic E-state index is 12.1. The average Bonchev–Trinajstić information content (AvgIpc) is 2.92. The smallest absolute Gasteiger partial charge is 0.260 e. The van der Waals surface area contributed by atoms with E-state index in [2.05, 4.69) is 26.4 Å². The molecule has 0 aliphatic carbocycles. The summed E-state index contributed by atoms with van der Waals surface area (Å²) in [6, 6.07) is 8.36. The highest BCUT2D eigenvalue weighted by Gasteiger charge is 2.14. The molecule has 0 spiro atoms. The van der Waals surface area contributed by atoms with Crippen LogP contribution in [0.25, 0.3) is 0 Å². The minimum Gasteiger partial charge on any atom is -0.483 e. The summed E-state index contributed by atoms with van der Waals surface area (Å²) in [6.07, 6.45) is 1.40. The molecule has 8 heteroatoms. The number of nitrogens with zero attached hydrogens (tertiary/aromatic N) is 1. The van der Waals surface area contributed by atoms with Gasteiger partial charge >= 0.3 is 0 Å². The maximum Gasteiger partial charge on any atom is 0.260 e. The number of halogens is 1. The zero-order valence-electron chi connectivity index (χ0n) is 10.7. The Labute approximate surface area is 128 Å². The highest BCUT2D eigenvalue weighted by molar-refractivity contribution is 9.10. The molecule has 0 saturated heterocycles. The predicted octanol–water partition coefficient (Wildman–Crippen LogP) is 2.42. The molecule has 1 aromatic carbocycles. The van der Waals surface area contributed by atoms with E-state index in [1.807, 2.05) is 0 Å². The van der Waals surface area contributed by atoms with Crippen LogP contribution in [0.3, 0.4) is 0 Å². The molecule has 0 radical (unpaired) electrons. The summed E-state index contributed by atoms with van der Waals surface area (Å²) < 4.78 is 10.7. The van der Waals surface area contributed by atoms with E-state index in [0.29, 0.717) is 21.7 Å². The van der Waals surface area contributed by atoms with Crippen molar-refractivity contribution in [3.8, 4) is 5.75 Å². The number of ether oxygens (including phenoxy) is 1. The molecule has 21 heavy (non-hydrogen) atoms. The molecule has 4 N–H and O–H groups in total. The summed E-state index contributed by atoms with van der Waals surface area (Å²) in [6.45, 7) is -0.0984. The number of hydrogen-bond acceptors (Lipinski definition) is 5. The van der Waals surface area contributed by atoms with Gasteiger partial charge < -0.3 is 25.4 Å². The number of nitrogens with two attached hydrogens (primary N) is 1. The SMILES string of the molecule is N/C(COc1ccccc1NC(=O)c1ccoc1Br)=N/O. The highest BCUT2D eigenvalue weighted by atomic mass is 79.9. The number of anilines is 1. The van der Waals surface area contributed by atoms with Crippen molar-refractivity contribution in [2.45, 2.75) is 0 Å². The summed E-state index contributed by atoms with van der Waals surface area (Å²) in [4.78, 5) is 12.1. The normalized spacial score (nSPS) is 11.2. The molecule has 7 nitrogen and oxygen atoms in total. The van der Waals surface area contributed by atoms with E-state index in [1.165, 1.54) is 6.26 Å². The topological polar surface area (TPSA) is 110 Å². The summed E-state index contributed by atoms with van der Waals surface area (Å²) in [5.41, 5.74) is 6.16. The number of amides is 1. The number of oxime groups is 1. The molecule has 0 saturated carbocycles. The van der Waals surface area contributed by atoms with Crippen LogP contribution in [0.1, 0.15) is 10.4 Å². The molecule has 0 atom stereocenters. The molecule has 2 rings (SSSR count). The molecule has 0 fully saturated rings. The molecule has 0 aliphatic heterocycles. The maximum absolute atomic E-state index is 12.1. The number of benzene rings is 1. The molecule has 1 heterocycles. The number of carbonyl (C=O) groups excluding carboxylic acids is 1. The first-order chi connectivity index (χ1) is 10.1. The standard InChI is InChI=1S/C13H12BrN3O4/c14-12-8(5-6-20-12)13(18)16-9-3-1-2-4-10(9)21-7-11(15)17-19/h1-6,19H,7H2,(H2,15,17)(H,16,18). The van der Waals surface area contributed by atoms with E-state index in [9.17, 15) is 4.79 Å². The lowest BCUT2D eigenvalue weighted by Gasteiger charge is -2.11. The van der Waals surface area contributed by atoms with Gasteiger partial charge in [-0.15, -0.1) is 0 Å². The van der Waals surface area contributed by atoms with Gasteiger partial charge in [0.15, 0.2) is 10.5 Å². The molecule has 1 amide bonds. The fraction of sp³-hybridized carbons (Fsp3) is 0.0769. The van der Waals surface area contributed by atoms with Crippen molar-refractivity contribution in [3.63, 3.8) is 0 Å². The first kappa shape index (κ1) is 14.9. The molecule has 0 aliphatic rings. The highest BCUT2D eigenvalue weighted by Crippen LogP contribution is 2.25. The zero-order chi connectivity index (χ0) is 15.2. The zero-order valence-corrected chi connectivity index (χ0v) is 12.3. The number of rotatable bonds is 5. The van der Waals surface area contributed by atoms with Crippen molar-refractivity contribution in [1.29, 1.82) is 0 Å². The minimum absolute atomic E-state index is 0.0753. The fourth-order valence-corrected chi connectivity index (χ4v) is 1.94. The van der Waals surface area contributed by atoms with Crippen LogP contribution < -0.4 is 15.8 Å².